The number of amides is 2. The quantitative estimate of drug-likeness (QED) is 0.864. The van der Waals surface area contributed by atoms with Crippen LogP contribution in [0.2, 0.25) is 0 Å². The molecule has 1 rings (SSSR count). The topological polar surface area (TPSA) is 69.6 Å². The molecule has 0 saturated heterocycles. The maximum absolute atomic E-state index is 12.1. The molecule has 0 aliphatic carbocycles. The van der Waals surface area contributed by atoms with Crippen molar-refractivity contribution in [1.82, 2.24) is 10.2 Å². The van der Waals surface area contributed by atoms with E-state index in [1.54, 1.807) is 39.2 Å². The first-order chi connectivity index (χ1) is 9.11. The van der Waals surface area contributed by atoms with E-state index in [9.17, 15) is 14.7 Å². The Morgan fingerprint density at radius 1 is 1.50 bits per heavy atom. The normalized spacial score (nSPS) is 12.8. The Morgan fingerprint density at radius 2 is 2.10 bits per heavy atom. The number of carboxylic acids is 1. The van der Waals surface area contributed by atoms with Gasteiger partial charge >= 0.3 is 12.0 Å². The van der Waals surface area contributed by atoms with Gasteiger partial charge in [-0.15, -0.1) is 11.3 Å². The molecular formula is C13H19BrN2O3S. The van der Waals surface area contributed by atoms with Gasteiger partial charge < -0.3 is 15.3 Å². The Kier molecular flexibility index (Phi) is 5.59. The molecule has 1 unspecified atom stereocenters. The third kappa shape index (κ3) is 4.79. The van der Waals surface area contributed by atoms with Crippen molar-refractivity contribution in [2.24, 2.45) is 5.41 Å². The van der Waals surface area contributed by atoms with Gasteiger partial charge in [0.25, 0.3) is 0 Å². The number of carboxylic acid groups (broad SMARTS) is 1. The number of nitrogens with one attached hydrogen (secondary N) is 1. The predicted molar refractivity (Wildman–Crippen MR) is 82.9 cm³/mol. The first-order valence-electron chi connectivity index (χ1n) is 6.08. The molecule has 0 radical (unpaired) electrons. The monoisotopic (exact) mass is 362 g/mol. The van der Waals surface area contributed by atoms with Gasteiger partial charge in [-0.3, -0.25) is 0 Å². The van der Waals surface area contributed by atoms with E-state index < -0.39 is 23.5 Å². The summed E-state index contributed by atoms with van der Waals surface area (Å²) in [6, 6.07) is 0.622. The number of nitrogens with zero attached hydrogens (tertiary/aromatic N) is 1. The van der Waals surface area contributed by atoms with Gasteiger partial charge in [-0.1, -0.05) is 20.8 Å². The Hall–Kier alpha value is -1.08. The number of halogens is 1. The van der Waals surface area contributed by atoms with E-state index in [1.807, 2.05) is 11.4 Å². The highest BCUT2D eigenvalue weighted by Crippen LogP contribution is 2.22. The molecule has 0 saturated carbocycles. The standard InChI is InChI=1S/C13H19BrN2O3S/c1-13(2,3)10(11(17)18)15-12(19)16(4)6-9-5-8(14)7-20-9/h5,7,10H,6H2,1-4H3,(H,15,19)(H,17,18). The zero-order chi connectivity index (χ0) is 15.5. The molecule has 1 heterocycles. The van der Waals surface area contributed by atoms with Crippen LogP contribution in [0.15, 0.2) is 15.9 Å². The molecule has 0 fully saturated rings. The molecular weight excluding hydrogens is 344 g/mol. The smallest absolute Gasteiger partial charge is 0.326 e. The SMILES string of the molecule is CN(Cc1cc(Br)cs1)C(=O)NC(C(=O)O)C(C)(C)C. The van der Waals surface area contributed by atoms with Gasteiger partial charge in [0.15, 0.2) is 0 Å². The molecule has 0 aliphatic rings. The van der Waals surface area contributed by atoms with Crippen molar-refractivity contribution < 1.29 is 14.7 Å². The van der Waals surface area contributed by atoms with Crippen LogP contribution < -0.4 is 5.32 Å². The van der Waals surface area contributed by atoms with Gasteiger partial charge in [0, 0.05) is 21.8 Å². The molecule has 1 aromatic rings. The van der Waals surface area contributed by atoms with E-state index in [2.05, 4.69) is 21.2 Å². The summed E-state index contributed by atoms with van der Waals surface area (Å²) in [6.45, 7) is 5.78. The molecule has 7 heteroatoms. The summed E-state index contributed by atoms with van der Waals surface area (Å²) in [5, 5.41) is 13.7. The molecule has 0 aliphatic heterocycles. The lowest BCUT2D eigenvalue weighted by molar-refractivity contribution is -0.142. The van der Waals surface area contributed by atoms with Crippen LogP contribution in [0, 0.1) is 5.41 Å². The minimum Gasteiger partial charge on any atom is -0.480 e. The number of aliphatic carboxylic acids is 1. The third-order valence-corrected chi connectivity index (χ3v) is 4.42. The molecule has 2 N–H and O–H groups in total. The highest BCUT2D eigenvalue weighted by atomic mass is 79.9. The summed E-state index contributed by atoms with van der Waals surface area (Å²) < 4.78 is 0.976. The lowest BCUT2D eigenvalue weighted by Crippen LogP contribution is -2.52. The fraction of sp³-hybridized carbons (Fsp3) is 0.538. The Morgan fingerprint density at radius 3 is 2.50 bits per heavy atom. The zero-order valence-electron chi connectivity index (χ0n) is 11.9. The van der Waals surface area contributed by atoms with E-state index in [0.717, 1.165) is 9.35 Å². The number of hydrogen-bond acceptors (Lipinski definition) is 3. The lowest BCUT2D eigenvalue weighted by atomic mass is 9.87. The number of carbonyl (C=O) groups excluding carboxylic acids is 1. The molecule has 0 spiro atoms. The van der Waals surface area contributed by atoms with E-state index in [0.29, 0.717) is 6.54 Å². The summed E-state index contributed by atoms with van der Waals surface area (Å²) in [4.78, 5) is 25.8. The second kappa shape index (κ2) is 6.58. The molecule has 112 valence electrons. The van der Waals surface area contributed by atoms with Gasteiger partial charge in [0.2, 0.25) is 0 Å². The largest absolute Gasteiger partial charge is 0.480 e. The predicted octanol–water partition coefficient (Wildman–Crippen LogP) is 3.15. The summed E-state index contributed by atoms with van der Waals surface area (Å²) >= 11 is 4.90. The fourth-order valence-corrected chi connectivity index (χ4v) is 3.13. The summed E-state index contributed by atoms with van der Waals surface area (Å²) in [5.74, 6) is -1.03. The van der Waals surface area contributed by atoms with Crippen molar-refractivity contribution in [3.63, 3.8) is 0 Å². The van der Waals surface area contributed by atoms with Gasteiger partial charge in [-0.2, -0.15) is 0 Å². The van der Waals surface area contributed by atoms with Crippen molar-refractivity contribution in [1.29, 1.82) is 0 Å². The number of carbonyl (C=O) groups is 2. The second-order valence-corrected chi connectivity index (χ2v) is 7.59. The van der Waals surface area contributed by atoms with E-state index in [1.165, 1.54) is 4.90 Å². The average Bonchev–Trinajstić information content (AvgIpc) is 2.69. The molecule has 20 heavy (non-hydrogen) atoms. The molecule has 0 aromatic carbocycles. The highest BCUT2D eigenvalue weighted by Gasteiger charge is 2.33. The highest BCUT2D eigenvalue weighted by molar-refractivity contribution is 9.10. The second-order valence-electron chi connectivity index (χ2n) is 5.67. The first-order valence-corrected chi connectivity index (χ1v) is 7.76. The van der Waals surface area contributed by atoms with Crippen LogP contribution in [-0.2, 0) is 11.3 Å². The lowest BCUT2D eigenvalue weighted by Gasteiger charge is -2.29. The van der Waals surface area contributed by atoms with Crippen LogP contribution in [-0.4, -0.2) is 35.1 Å². The van der Waals surface area contributed by atoms with E-state index in [4.69, 9.17) is 0 Å². The minimum atomic E-state index is -1.03. The van der Waals surface area contributed by atoms with Crippen molar-refractivity contribution in [2.45, 2.75) is 33.4 Å². The maximum Gasteiger partial charge on any atom is 0.326 e. The van der Waals surface area contributed by atoms with Crippen molar-refractivity contribution in [3.05, 3.63) is 20.8 Å². The van der Waals surface area contributed by atoms with Gasteiger partial charge in [0.1, 0.15) is 6.04 Å². The van der Waals surface area contributed by atoms with Crippen LogP contribution in [0.4, 0.5) is 4.79 Å². The van der Waals surface area contributed by atoms with Crippen molar-refractivity contribution in [2.75, 3.05) is 7.05 Å². The summed E-state index contributed by atoms with van der Waals surface area (Å²) in [7, 11) is 1.64. The van der Waals surface area contributed by atoms with Crippen LogP contribution in [0.5, 0.6) is 0 Å². The summed E-state index contributed by atoms with van der Waals surface area (Å²) in [6.07, 6.45) is 0. The molecule has 1 aromatic heterocycles. The number of urea groups is 1. The number of hydrogen-bond donors (Lipinski definition) is 2. The Balaban J connectivity index is 2.67. The van der Waals surface area contributed by atoms with Crippen molar-refractivity contribution >= 4 is 39.3 Å². The van der Waals surface area contributed by atoms with E-state index >= 15 is 0 Å². The van der Waals surface area contributed by atoms with E-state index in [-0.39, 0.29) is 0 Å². The minimum absolute atomic E-state index is 0.392. The molecule has 5 nitrogen and oxygen atoms in total. The Labute approximate surface area is 131 Å². The van der Waals surface area contributed by atoms with Gasteiger partial charge in [-0.25, -0.2) is 9.59 Å². The molecule has 1 atom stereocenters. The van der Waals surface area contributed by atoms with Crippen LogP contribution in [0.25, 0.3) is 0 Å². The summed E-state index contributed by atoms with van der Waals surface area (Å²) in [5.41, 5.74) is -0.547. The Bertz CT molecular complexity index is 496. The van der Waals surface area contributed by atoms with Gasteiger partial charge in [-0.05, 0) is 27.4 Å². The van der Waals surface area contributed by atoms with Crippen LogP contribution in [0.3, 0.4) is 0 Å². The maximum atomic E-state index is 12.1. The zero-order valence-corrected chi connectivity index (χ0v) is 14.3. The first kappa shape index (κ1) is 17.0. The average molecular weight is 363 g/mol. The number of thiophene rings is 1. The molecule has 2 amide bonds. The van der Waals surface area contributed by atoms with Crippen LogP contribution in [0.1, 0.15) is 25.6 Å². The van der Waals surface area contributed by atoms with Gasteiger partial charge in [0.05, 0.1) is 6.54 Å². The molecule has 0 bridgehead atoms. The third-order valence-electron chi connectivity index (χ3n) is 2.74. The number of rotatable bonds is 4. The van der Waals surface area contributed by atoms with Crippen LogP contribution >= 0.6 is 27.3 Å². The fourth-order valence-electron chi connectivity index (χ4n) is 1.62. The van der Waals surface area contributed by atoms with Crippen molar-refractivity contribution in [3.8, 4) is 0 Å².